The first-order valence-electron chi connectivity index (χ1n) is 5.10. The van der Waals surface area contributed by atoms with Crippen LogP contribution in [0, 0.1) is 5.92 Å². The average molecular weight is 215 g/mol. The predicted molar refractivity (Wildman–Crippen MR) is 51.7 cm³/mol. The Balaban J connectivity index is 2.30. The lowest BCUT2D eigenvalue weighted by molar-refractivity contribution is -0.142. The molecule has 0 radical (unpaired) electrons. The maximum absolute atomic E-state index is 13.0. The molecular formula is C10H15F2N3. The normalized spacial score (nSPS) is 22.8. The van der Waals surface area contributed by atoms with Crippen LogP contribution in [0.1, 0.15) is 32.4 Å². The van der Waals surface area contributed by atoms with Crippen molar-refractivity contribution in [3.8, 4) is 0 Å². The molecule has 0 bridgehead atoms. The lowest BCUT2D eigenvalue weighted by atomic mass is 9.58. The second-order valence-corrected chi connectivity index (χ2v) is 4.74. The zero-order valence-electron chi connectivity index (χ0n) is 9.17. The molecule has 0 spiro atoms. The lowest BCUT2D eigenvalue weighted by Gasteiger charge is -2.49. The van der Waals surface area contributed by atoms with Crippen LogP contribution in [-0.4, -0.2) is 20.9 Å². The molecule has 5 heteroatoms. The minimum atomic E-state index is -2.53. The molecular weight excluding hydrogens is 200 g/mol. The van der Waals surface area contributed by atoms with Gasteiger partial charge in [-0.1, -0.05) is 13.8 Å². The Labute approximate surface area is 87.5 Å². The number of aromatic nitrogens is 3. The van der Waals surface area contributed by atoms with Gasteiger partial charge in [-0.2, -0.15) is 15.0 Å². The standard InChI is InChI=1S/C10H15F2N3/c1-7(2)9(5-10(11,12)6-9)8-4-13-15(3)14-8/h4,7H,5-6H2,1-3H3. The SMILES string of the molecule is CC(C)C1(c2cnn(C)n2)CC(F)(F)C1. The molecule has 0 aliphatic heterocycles. The molecule has 1 fully saturated rings. The van der Waals surface area contributed by atoms with E-state index in [-0.39, 0.29) is 18.8 Å². The van der Waals surface area contributed by atoms with Gasteiger partial charge < -0.3 is 0 Å². The molecule has 1 saturated carbocycles. The monoisotopic (exact) mass is 215 g/mol. The van der Waals surface area contributed by atoms with Crippen LogP contribution < -0.4 is 0 Å². The molecule has 15 heavy (non-hydrogen) atoms. The number of hydrogen-bond acceptors (Lipinski definition) is 2. The highest BCUT2D eigenvalue weighted by Gasteiger charge is 2.59. The minimum Gasteiger partial charge on any atom is -0.207 e. The molecule has 0 aromatic carbocycles. The van der Waals surface area contributed by atoms with Crippen LogP contribution in [0.4, 0.5) is 8.78 Å². The van der Waals surface area contributed by atoms with Gasteiger partial charge in [-0.05, 0) is 5.92 Å². The Morgan fingerprint density at radius 2 is 2.00 bits per heavy atom. The maximum atomic E-state index is 13.0. The van der Waals surface area contributed by atoms with Gasteiger partial charge in [-0.3, -0.25) is 0 Å². The number of hydrogen-bond donors (Lipinski definition) is 0. The van der Waals surface area contributed by atoms with Gasteiger partial charge >= 0.3 is 0 Å². The van der Waals surface area contributed by atoms with Crippen LogP contribution in [0.5, 0.6) is 0 Å². The molecule has 0 N–H and O–H groups in total. The number of halogens is 2. The molecule has 3 nitrogen and oxygen atoms in total. The van der Waals surface area contributed by atoms with Gasteiger partial charge in [0.05, 0.1) is 11.9 Å². The highest BCUT2D eigenvalue weighted by molar-refractivity contribution is 5.22. The van der Waals surface area contributed by atoms with Crippen molar-refractivity contribution in [2.45, 2.75) is 38.0 Å². The van der Waals surface area contributed by atoms with Crippen LogP contribution in [-0.2, 0) is 12.5 Å². The van der Waals surface area contributed by atoms with E-state index in [9.17, 15) is 8.78 Å². The molecule has 1 aliphatic rings. The molecule has 2 rings (SSSR count). The van der Waals surface area contributed by atoms with Crippen molar-refractivity contribution in [2.75, 3.05) is 0 Å². The Hall–Kier alpha value is -1.00. The molecule has 0 atom stereocenters. The van der Waals surface area contributed by atoms with Gasteiger partial charge in [-0.25, -0.2) is 8.78 Å². The van der Waals surface area contributed by atoms with Gasteiger partial charge in [0, 0.05) is 25.3 Å². The third kappa shape index (κ3) is 1.54. The third-order valence-corrected chi connectivity index (χ3v) is 3.36. The van der Waals surface area contributed by atoms with E-state index < -0.39 is 11.3 Å². The number of alkyl halides is 2. The van der Waals surface area contributed by atoms with Gasteiger partial charge in [0.2, 0.25) is 5.92 Å². The lowest BCUT2D eigenvalue weighted by Crippen LogP contribution is -2.52. The third-order valence-electron chi connectivity index (χ3n) is 3.36. The van der Waals surface area contributed by atoms with E-state index in [0.717, 1.165) is 0 Å². The van der Waals surface area contributed by atoms with E-state index in [1.54, 1.807) is 13.2 Å². The summed E-state index contributed by atoms with van der Waals surface area (Å²) in [5.74, 6) is -2.37. The van der Waals surface area contributed by atoms with Gasteiger partial charge in [0.25, 0.3) is 0 Å². The summed E-state index contributed by atoms with van der Waals surface area (Å²) >= 11 is 0. The zero-order valence-corrected chi connectivity index (χ0v) is 9.17. The topological polar surface area (TPSA) is 30.7 Å². The molecule has 1 heterocycles. The van der Waals surface area contributed by atoms with E-state index in [4.69, 9.17) is 0 Å². The van der Waals surface area contributed by atoms with E-state index in [1.165, 1.54) is 4.80 Å². The van der Waals surface area contributed by atoms with Crippen molar-refractivity contribution >= 4 is 0 Å². The van der Waals surface area contributed by atoms with Crippen LogP contribution in [0.15, 0.2) is 6.20 Å². The van der Waals surface area contributed by atoms with Crippen LogP contribution in [0.3, 0.4) is 0 Å². The number of rotatable bonds is 2. The van der Waals surface area contributed by atoms with E-state index in [1.807, 2.05) is 13.8 Å². The summed E-state index contributed by atoms with van der Waals surface area (Å²) in [6.07, 6.45) is 1.40. The highest BCUT2D eigenvalue weighted by atomic mass is 19.3. The van der Waals surface area contributed by atoms with Crippen molar-refractivity contribution in [3.63, 3.8) is 0 Å². The summed E-state index contributed by atoms with van der Waals surface area (Å²) in [6.45, 7) is 3.92. The van der Waals surface area contributed by atoms with E-state index in [2.05, 4.69) is 10.2 Å². The summed E-state index contributed by atoms with van der Waals surface area (Å²) in [6, 6.07) is 0. The van der Waals surface area contributed by atoms with Gasteiger partial charge in [0.15, 0.2) is 0 Å². The summed E-state index contributed by atoms with van der Waals surface area (Å²) in [5, 5.41) is 8.12. The van der Waals surface area contributed by atoms with E-state index in [0.29, 0.717) is 5.69 Å². The molecule has 0 unspecified atom stereocenters. The quantitative estimate of drug-likeness (QED) is 0.756. The van der Waals surface area contributed by atoms with E-state index >= 15 is 0 Å². The second kappa shape index (κ2) is 3.00. The minimum absolute atomic E-state index is 0.101. The Morgan fingerprint density at radius 1 is 1.40 bits per heavy atom. The van der Waals surface area contributed by atoms with Crippen molar-refractivity contribution in [3.05, 3.63) is 11.9 Å². The first-order chi connectivity index (χ1) is 6.86. The summed E-state index contributed by atoms with van der Waals surface area (Å²) in [7, 11) is 1.70. The predicted octanol–water partition coefficient (Wildman–Crippen LogP) is 2.14. The highest BCUT2D eigenvalue weighted by Crippen LogP contribution is 2.56. The second-order valence-electron chi connectivity index (χ2n) is 4.74. The molecule has 0 amide bonds. The Kier molecular flexibility index (Phi) is 2.10. The number of aryl methyl sites for hydroxylation is 1. The smallest absolute Gasteiger partial charge is 0.207 e. The fourth-order valence-corrected chi connectivity index (χ4v) is 2.33. The maximum Gasteiger partial charge on any atom is 0.250 e. The van der Waals surface area contributed by atoms with Crippen molar-refractivity contribution in [2.24, 2.45) is 13.0 Å². The average Bonchev–Trinajstić information content (AvgIpc) is 2.46. The van der Waals surface area contributed by atoms with Crippen LogP contribution in [0.25, 0.3) is 0 Å². The van der Waals surface area contributed by atoms with Crippen molar-refractivity contribution < 1.29 is 8.78 Å². The first-order valence-corrected chi connectivity index (χ1v) is 5.10. The summed E-state index contributed by atoms with van der Waals surface area (Å²) < 4.78 is 26.1. The van der Waals surface area contributed by atoms with Crippen molar-refractivity contribution in [1.29, 1.82) is 0 Å². The largest absolute Gasteiger partial charge is 0.250 e. The van der Waals surface area contributed by atoms with Crippen molar-refractivity contribution in [1.82, 2.24) is 15.0 Å². The van der Waals surface area contributed by atoms with Gasteiger partial charge in [-0.15, -0.1) is 0 Å². The molecule has 84 valence electrons. The Morgan fingerprint density at radius 3 is 2.33 bits per heavy atom. The Bertz CT molecular complexity index is 362. The molecule has 1 aliphatic carbocycles. The summed E-state index contributed by atoms with van der Waals surface area (Å²) in [5.41, 5.74) is 0.225. The van der Waals surface area contributed by atoms with Gasteiger partial charge in [0.1, 0.15) is 0 Å². The fourth-order valence-electron chi connectivity index (χ4n) is 2.33. The zero-order chi connectivity index (χ0) is 11.3. The fraction of sp³-hybridized carbons (Fsp3) is 0.800. The molecule has 0 saturated heterocycles. The first kappa shape index (κ1) is 10.5. The van der Waals surface area contributed by atoms with Crippen LogP contribution >= 0.6 is 0 Å². The van der Waals surface area contributed by atoms with Crippen LogP contribution in [0.2, 0.25) is 0 Å². The number of nitrogens with zero attached hydrogens (tertiary/aromatic N) is 3. The summed E-state index contributed by atoms with van der Waals surface area (Å²) in [4.78, 5) is 1.43. The molecule has 1 aromatic heterocycles. The molecule has 1 aromatic rings.